The number of benzene rings is 2. The number of imidazole rings is 1. The molecule has 11 nitrogen and oxygen atoms in total. The van der Waals surface area contributed by atoms with Gasteiger partial charge in [0.1, 0.15) is 24.1 Å². The molecule has 2 N–H and O–H groups in total. The van der Waals surface area contributed by atoms with Gasteiger partial charge in [-0.05, 0) is 92.1 Å². The summed E-state index contributed by atoms with van der Waals surface area (Å²) in [7, 11) is 0. The average molecular weight is 722 g/mol. The number of aliphatic imine (C=N–C) groups is 1. The van der Waals surface area contributed by atoms with Crippen LogP contribution in [-0.2, 0) is 22.7 Å². The Morgan fingerprint density at radius 1 is 1.13 bits per heavy atom. The summed E-state index contributed by atoms with van der Waals surface area (Å²) < 4.78 is 28.3. The number of halogens is 2. The molecule has 5 aliphatic rings. The molecular weight excluding hydrogens is 685 g/mol. The Hall–Kier alpha value is -5.07. The Balaban J connectivity index is 0.893. The second-order valence-corrected chi connectivity index (χ2v) is 14.8. The Morgan fingerprint density at radius 2 is 1.98 bits per heavy atom. The number of carbonyl (C=O) groups excluding carboxylic acids is 2. The second kappa shape index (κ2) is 12.9. The lowest BCUT2D eigenvalue weighted by Crippen LogP contribution is -2.36. The van der Waals surface area contributed by atoms with E-state index in [2.05, 4.69) is 25.1 Å². The highest BCUT2D eigenvalue weighted by Gasteiger charge is 2.57. The van der Waals surface area contributed by atoms with Gasteiger partial charge in [0, 0.05) is 53.5 Å². The monoisotopic (exact) mass is 721 g/mol. The van der Waals surface area contributed by atoms with Crippen molar-refractivity contribution in [3.05, 3.63) is 100 Å². The molecular formula is C39H37ClFN7O4. The molecule has 13 heteroatoms. The van der Waals surface area contributed by atoms with Crippen LogP contribution in [0.1, 0.15) is 49.9 Å². The number of anilines is 2. The van der Waals surface area contributed by atoms with Crippen LogP contribution < -0.4 is 20.3 Å². The number of hydrogen-bond acceptors (Lipinski definition) is 7. The number of hydrogen-bond donors (Lipinski definition) is 2. The molecule has 1 saturated carbocycles. The third kappa shape index (κ3) is 6.13. The molecule has 0 bridgehead atoms. The molecule has 0 radical (unpaired) electrons. The van der Waals surface area contributed by atoms with Crippen LogP contribution in [0.2, 0.25) is 5.02 Å². The molecule has 3 amide bonds. The minimum atomic E-state index is -0.401. The maximum absolute atomic E-state index is 14.3. The quantitative estimate of drug-likeness (QED) is 0.197. The number of urea groups is 1. The van der Waals surface area contributed by atoms with Crippen LogP contribution in [0, 0.1) is 11.2 Å². The van der Waals surface area contributed by atoms with Crippen molar-refractivity contribution in [2.45, 2.75) is 63.8 Å². The first-order valence-electron chi connectivity index (χ1n) is 17.7. The van der Waals surface area contributed by atoms with Crippen molar-refractivity contribution in [1.29, 1.82) is 0 Å². The lowest BCUT2D eigenvalue weighted by atomic mass is 9.90. The molecule has 3 atom stereocenters. The summed E-state index contributed by atoms with van der Waals surface area (Å²) >= 11 is 5.89. The Labute approximate surface area is 304 Å². The molecule has 2 saturated heterocycles. The van der Waals surface area contributed by atoms with E-state index >= 15 is 0 Å². The van der Waals surface area contributed by atoms with Crippen LogP contribution in [0.4, 0.5) is 20.7 Å². The number of aromatic nitrogens is 3. The largest absolute Gasteiger partial charge is 0.473 e. The average Bonchev–Trinajstić information content (AvgIpc) is 3.46. The van der Waals surface area contributed by atoms with Crippen molar-refractivity contribution in [2.24, 2.45) is 10.4 Å². The fourth-order valence-electron chi connectivity index (χ4n) is 7.95. The van der Waals surface area contributed by atoms with Crippen molar-refractivity contribution in [3.63, 3.8) is 0 Å². The number of fused-ring (bicyclic) bond motifs is 2. The topological polar surface area (TPSA) is 123 Å². The van der Waals surface area contributed by atoms with Crippen LogP contribution >= 0.6 is 11.6 Å². The summed E-state index contributed by atoms with van der Waals surface area (Å²) in [5.41, 5.74) is 4.98. The normalized spacial score (nSPS) is 23.0. The summed E-state index contributed by atoms with van der Waals surface area (Å²) in [4.78, 5) is 41.4. The van der Waals surface area contributed by atoms with Gasteiger partial charge in [0.15, 0.2) is 0 Å². The van der Waals surface area contributed by atoms with Gasteiger partial charge in [-0.1, -0.05) is 23.7 Å². The van der Waals surface area contributed by atoms with Crippen molar-refractivity contribution in [3.8, 4) is 5.88 Å². The maximum Gasteiger partial charge on any atom is 0.342 e. The Kier molecular flexibility index (Phi) is 8.11. The van der Waals surface area contributed by atoms with E-state index in [1.54, 1.807) is 30.4 Å². The van der Waals surface area contributed by atoms with Crippen molar-refractivity contribution in [2.75, 3.05) is 29.9 Å². The van der Waals surface area contributed by atoms with Crippen LogP contribution in [0.5, 0.6) is 5.88 Å². The number of piperidine rings is 1. The SMILES string of the molecule is CC1=CC(C(=O)Nc2ccc3c(c2)nc(C2CC24CCN(c2cccc(OCc5ccc(Cl)cc5F)n2)CC4)n3C[C@@H]2CCO2)=CC2=NC(=O)NC12. The van der Waals surface area contributed by atoms with Crippen molar-refractivity contribution >= 4 is 51.8 Å². The molecule has 2 aromatic carbocycles. The van der Waals surface area contributed by atoms with Gasteiger partial charge in [-0.25, -0.2) is 14.2 Å². The fourth-order valence-corrected chi connectivity index (χ4v) is 8.11. The van der Waals surface area contributed by atoms with E-state index < -0.39 is 11.8 Å². The zero-order valence-corrected chi connectivity index (χ0v) is 29.3. The molecule has 266 valence electrons. The van der Waals surface area contributed by atoms with Crippen LogP contribution in [-0.4, -0.2) is 64.0 Å². The van der Waals surface area contributed by atoms with Crippen LogP contribution in [0.3, 0.4) is 0 Å². The summed E-state index contributed by atoms with van der Waals surface area (Å²) in [6.45, 7) is 5.21. The van der Waals surface area contributed by atoms with Gasteiger partial charge in [-0.3, -0.25) is 4.79 Å². The lowest BCUT2D eigenvalue weighted by Gasteiger charge is -2.34. The first-order chi connectivity index (χ1) is 25.2. The summed E-state index contributed by atoms with van der Waals surface area (Å²) in [6.07, 6.45) is 7.75. The molecule has 1 spiro atoms. The van der Waals surface area contributed by atoms with Gasteiger partial charge in [0.25, 0.3) is 5.91 Å². The number of ether oxygens (including phenoxy) is 2. The number of amides is 3. The molecule has 3 aliphatic heterocycles. The number of pyridine rings is 1. The van der Waals surface area contributed by atoms with Gasteiger partial charge >= 0.3 is 6.03 Å². The van der Waals surface area contributed by atoms with E-state index in [9.17, 15) is 14.0 Å². The molecule has 2 unspecified atom stereocenters. The standard InChI is InChI=1S/C39H37ClFN7O4/c1-22-15-24(16-31-35(22)46-38(50)44-31)37(49)42-26-7-8-32-30(18-26)43-36(48(32)20-27-9-14-51-27)28-19-39(28)10-12-47(13-11-39)33-3-2-4-34(45-33)52-21-23-5-6-25(40)17-29(23)41/h2-8,15-18,27-28,35H,9-14,19-21H2,1H3,(H,42,49)(H,46,50)/t27-,28?,35?/m0/s1. The first kappa shape index (κ1) is 32.8. The third-order valence-corrected chi connectivity index (χ3v) is 11.3. The summed E-state index contributed by atoms with van der Waals surface area (Å²) in [5, 5.41) is 6.17. The smallest absolute Gasteiger partial charge is 0.342 e. The number of carbonyl (C=O) groups is 2. The zero-order valence-electron chi connectivity index (χ0n) is 28.6. The molecule has 2 aromatic heterocycles. The molecule has 2 aliphatic carbocycles. The highest BCUT2D eigenvalue weighted by atomic mass is 35.5. The Morgan fingerprint density at radius 3 is 2.77 bits per heavy atom. The zero-order chi connectivity index (χ0) is 35.6. The van der Waals surface area contributed by atoms with E-state index in [1.165, 1.54) is 6.07 Å². The summed E-state index contributed by atoms with van der Waals surface area (Å²) in [5.74, 6) is 2.04. The van der Waals surface area contributed by atoms with Gasteiger partial charge in [0.2, 0.25) is 5.88 Å². The van der Waals surface area contributed by atoms with E-state index in [0.717, 1.165) is 80.2 Å². The van der Waals surface area contributed by atoms with Crippen molar-refractivity contribution < 1.29 is 23.5 Å². The molecule has 5 heterocycles. The molecule has 4 aromatic rings. The van der Waals surface area contributed by atoms with Gasteiger partial charge in [-0.15, -0.1) is 0 Å². The minimum Gasteiger partial charge on any atom is -0.473 e. The van der Waals surface area contributed by atoms with Crippen LogP contribution in [0.15, 0.2) is 82.9 Å². The predicted octanol–water partition coefficient (Wildman–Crippen LogP) is 6.72. The summed E-state index contributed by atoms with van der Waals surface area (Å²) in [6, 6.07) is 15.5. The molecule has 9 rings (SSSR count). The predicted molar refractivity (Wildman–Crippen MR) is 196 cm³/mol. The molecule has 3 fully saturated rings. The van der Waals surface area contributed by atoms with E-state index in [0.29, 0.717) is 39.4 Å². The second-order valence-electron chi connectivity index (χ2n) is 14.4. The fraction of sp³-hybridized carbons (Fsp3) is 0.359. The number of nitrogens with zero attached hydrogens (tertiary/aromatic N) is 5. The highest BCUT2D eigenvalue weighted by molar-refractivity contribution is 6.30. The van der Waals surface area contributed by atoms with E-state index in [-0.39, 0.29) is 30.1 Å². The van der Waals surface area contributed by atoms with Gasteiger partial charge in [0.05, 0.1) is 35.4 Å². The van der Waals surface area contributed by atoms with E-state index in [1.807, 2.05) is 37.3 Å². The number of rotatable bonds is 9. The Bertz CT molecular complexity index is 2220. The van der Waals surface area contributed by atoms with Crippen LogP contribution in [0.25, 0.3) is 11.0 Å². The minimum absolute atomic E-state index is 0.0672. The first-order valence-corrected chi connectivity index (χ1v) is 18.1. The van der Waals surface area contributed by atoms with Crippen molar-refractivity contribution in [1.82, 2.24) is 19.9 Å². The third-order valence-electron chi connectivity index (χ3n) is 11.1. The highest BCUT2D eigenvalue weighted by Crippen LogP contribution is 2.65. The van der Waals surface area contributed by atoms with E-state index in [4.69, 9.17) is 31.0 Å². The lowest BCUT2D eigenvalue weighted by molar-refractivity contribution is -0.112. The maximum atomic E-state index is 14.3. The van der Waals surface area contributed by atoms with Gasteiger partial charge < -0.3 is 29.6 Å². The molecule has 52 heavy (non-hydrogen) atoms. The number of nitrogens with one attached hydrogen (secondary N) is 2. The van der Waals surface area contributed by atoms with Gasteiger partial charge in [-0.2, -0.15) is 9.98 Å².